The molecule has 138 valence electrons. The van der Waals surface area contributed by atoms with Gasteiger partial charge >= 0.3 is 0 Å². The fraction of sp³-hybridized carbons (Fsp3) is 0.381. The Balaban J connectivity index is 1.53. The average Bonchev–Trinajstić information content (AvgIpc) is 3.46. The number of aromatic nitrogens is 3. The van der Waals surface area contributed by atoms with Crippen LogP contribution < -0.4 is 10.2 Å². The quantitative estimate of drug-likeness (QED) is 0.775. The molecule has 27 heavy (non-hydrogen) atoms. The molecule has 2 aromatic heterocycles. The van der Waals surface area contributed by atoms with Crippen LogP contribution in [0.1, 0.15) is 31.2 Å². The zero-order valence-corrected chi connectivity index (χ0v) is 15.5. The van der Waals surface area contributed by atoms with Crippen LogP contribution in [-0.2, 0) is 11.2 Å². The van der Waals surface area contributed by atoms with Gasteiger partial charge in [-0.25, -0.2) is 4.52 Å². The summed E-state index contributed by atoms with van der Waals surface area (Å²) in [4.78, 5) is 18.8. The minimum atomic E-state index is 0.0283. The Morgan fingerprint density at radius 1 is 1.19 bits per heavy atom. The highest BCUT2D eigenvalue weighted by Crippen LogP contribution is 2.31. The summed E-state index contributed by atoms with van der Waals surface area (Å²) >= 11 is 0. The van der Waals surface area contributed by atoms with Crippen molar-refractivity contribution in [3.05, 3.63) is 42.0 Å². The molecule has 1 fully saturated rings. The maximum absolute atomic E-state index is 12.0. The van der Waals surface area contributed by atoms with Crippen molar-refractivity contribution < 1.29 is 4.79 Å². The summed E-state index contributed by atoms with van der Waals surface area (Å²) in [5.74, 6) is 0.548. The topological polar surface area (TPSA) is 62.5 Å². The number of hydrogen-bond donors (Lipinski definition) is 1. The Hall–Kier alpha value is -2.89. The van der Waals surface area contributed by atoms with E-state index in [4.69, 9.17) is 0 Å². The number of pyridine rings is 1. The SMILES string of the molecule is CN1CCCCc2cc(-c3cccc4nc(NC(=O)C5CC5)nn34)ccc21. The molecule has 6 heteroatoms. The minimum absolute atomic E-state index is 0.0283. The van der Waals surface area contributed by atoms with Crippen molar-refractivity contribution in [2.45, 2.75) is 32.1 Å². The summed E-state index contributed by atoms with van der Waals surface area (Å²) < 4.78 is 1.82. The second-order valence-corrected chi connectivity index (χ2v) is 7.60. The van der Waals surface area contributed by atoms with Gasteiger partial charge in [0.15, 0.2) is 5.65 Å². The van der Waals surface area contributed by atoms with Crippen molar-refractivity contribution in [3.8, 4) is 11.3 Å². The fourth-order valence-electron chi connectivity index (χ4n) is 3.84. The molecule has 2 aliphatic rings. The Bertz CT molecular complexity index is 1020. The fourth-order valence-corrected chi connectivity index (χ4v) is 3.84. The van der Waals surface area contributed by atoms with Crippen molar-refractivity contribution in [1.82, 2.24) is 14.6 Å². The third-order valence-electron chi connectivity index (χ3n) is 5.52. The lowest BCUT2D eigenvalue weighted by Crippen LogP contribution is -2.17. The van der Waals surface area contributed by atoms with Gasteiger partial charge in [-0.05, 0) is 61.9 Å². The van der Waals surface area contributed by atoms with E-state index in [0.29, 0.717) is 5.95 Å². The zero-order valence-electron chi connectivity index (χ0n) is 15.5. The molecule has 0 unspecified atom stereocenters. The number of amides is 1. The third-order valence-corrected chi connectivity index (χ3v) is 5.52. The molecule has 3 heterocycles. The summed E-state index contributed by atoms with van der Waals surface area (Å²) in [6.07, 6.45) is 5.47. The van der Waals surface area contributed by atoms with Crippen molar-refractivity contribution in [2.24, 2.45) is 5.92 Å². The van der Waals surface area contributed by atoms with Crippen molar-refractivity contribution in [2.75, 3.05) is 23.8 Å². The van der Waals surface area contributed by atoms with Crippen LogP contribution in [-0.4, -0.2) is 34.1 Å². The molecule has 1 aliphatic carbocycles. The Labute approximate surface area is 158 Å². The first-order chi connectivity index (χ1) is 13.2. The molecular formula is C21H23N5O. The lowest BCUT2D eigenvalue weighted by molar-refractivity contribution is -0.117. The van der Waals surface area contributed by atoms with Crippen LogP contribution >= 0.6 is 0 Å². The molecule has 0 radical (unpaired) electrons. The molecular weight excluding hydrogens is 338 g/mol. The first-order valence-corrected chi connectivity index (χ1v) is 9.70. The van der Waals surface area contributed by atoms with Crippen LogP contribution in [0.15, 0.2) is 36.4 Å². The number of aryl methyl sites for hydroxylation is 1. The highest BCUT2D eigenvalue weighted by atomic mass is 16.2. The van der Waals surface area contributed by atoms with Crippen LogP contribution in [0.4, 0.5) is 11.6 Å². The molecule has 0 atom stereocenters. The summed E-state index contributed by atoms with van der Waals surface area (Å²) in [6, 6.07) is 12.6. The monoisotopic (exact) mass is 361 g/mol. The number of rotatable bonds is 3. The Morgan fingerprint density at radius 2 is 2.07 bits per heavy atom. The minimum Gasteiger partial charge on any atom is -0.374 e. The number of benzene rings is 1. The van der Waals surface area contributed by atoms with Gasteiger partial charge in [0.05, 0.1) is 5.69 Å². The van der Waals surface area contributed by atoms with E-state index < -0.39 is 0 Å². The van der Waals surface area contributed by atoms with E-state index in [2.05, 4.69) is 51.6 Å². The number of carbonyl (C=O) groups is 1. The van der Waals surface area contributed by atoms with Gasteiger partial charge in [0, 0.05) is 30.8 Å². The molecule has 0 saturated heterocycles. The third kappa shape index (κ3) is 3.05. The van der Waals surface area contributed by atoms with Gasteiger partial charge in [-0.2, -0.15) is 4.98 Å². The number of carbonyl (C=O) groups excluding carboxylic acids is 1. The van der Waals surface area contributed by atoms with Crippen LogP contribution in [0.2, 0.25) is 0 Å². The molecule has 1 N–H and O–H groups in total. The standard InChI is InChI=1S/C21H23N5O/c1-25-12-3-2-5-15-13-16(10-11-17(15)25)18-6-4-7-19-22-21(24-26(18)19)23-20(27)14-8-9-14/h4,6-7,10-11,13-14H,2-3,5,8-9,12H2,1H3,(H,23,24,27). The van der Waals surface area contributed by atoms with E-state index in [1.165, 1.54) is 24.1 Å². The average molecular weight is 361 g/mol. The van der Waals surface area contributed by atoms with Gasteiger partial charge < -0.3 is 4.90 Å². The lowest BCUT2D eigenvalue weighted by Gasteiger charge is -2.20. The van der Waals surface area contributed by atoms with Gasteiger partial charge in [-0.15, -0.1) is 5.10 Å². The summed E-state index contributed by atoms with van der Waals surface area (Å²) in [5.41, 5.74) is 5.55. The number of anilines is 2. The second kappa shape index (κ2) is 6.37. The Kier molecular flexibility index (Phi) is 3.85. The molecule has 1 amide bonds. The van der Waals surface area contributed by atoms with Crippen molar-refractivity contribution >= 4 is 23.2 Å². The largest absolute Gasteiger partial charge is 0.374 e. The van der Waals surface area contributed by atoms with E-state index in [1.807, 2.05) is 16.6 Å². The maximum Gasteiger partial charge on any atom is 0.249 e. The lowest BCUT2D eigenvalue weighted by atomic mass is 10.0. The Morgan fingerprint density at radius 3 is 2.93 bits per heavy atom. The van der Waals surface area contributed by atoms with E-state index >= 15 is 0 Å². The molecule has 1 aromatic carbocycles. The maximum atomic E-state index is 12.0. The molecule has 3 aromatic rings. The summed E-state index contributed by atoms with van der Waals surface area (Å²) in [7, 11) is 2.16. The van der Waals surface area contributed by atoms with Gasteiger partial charge in [0.25, 0.3) is 0 Å². The van der Waals surface area contributed by atoms with Crippen LogP contribution in [0.5, 0.6) is 0 Å². The highest BCUT2D eigenvalue weighted by molar-refractivity contribution is 5.92. The van der Waals surface area contributed by atoms with E-state index in [0.717, 1.165) is 42.7 Å². The number of nitrogens with one attached hydrogen (secondary N) is 1. The van der Waals surface area contributed by atoms with Gasteiger partial charge in [-0.3, -0.25) is 10.1 Å². The molecule has 5 rings (SSSR count). The molecule has 0 bridgehead atoms. The van der Waals surface area contributed by atoms with E-state index in [9.17, 15) is 4.79 Å². The molecule has 1 saturated carbocycles. The van der Waals surface area contributed by atoms with Crippen LogP contribution in [0.25, 0.3) is 16.9 Å². The smallest absolute Gasteiger partial charge is 0.249 e. The zero-order chi connectivity index (χ0) is 18.4. The second-order valence-electron chi connectivity index (χ2n) is 7.60. The van der Waals surface area contributed by atoms with Crippen LogP contribution in [0.3, 0.4) is 0 Å². The normalized spacial score (nSPS) is 16.9. The van der Waals surface area contributed by atoms with Gasteiger partial charge in [0.2, 0.25) is 11.9 Å². The summed E-state index contributed by atoms with van der Waals surface area (Å²) in [6.45, 7) is 1.11. The number of hydrogen-bond acceptors (Lipinski definition) is 4. The first-order valence-electron chi connectivity index (χ1n) is 9.70. The van der Waals surface area contributed by atoms with E-state index in [1.54, 1.807) is 0 Å². The van der Waals surface area contributed by atoms with Crippen molar-refractivity contribution in [1.29, 1.82) is 0 Å². The van der Waals surface area contributed by atoms with Gasteiger partial charge in [0.1, 0.15) is 0 Å². The molecule has 0 spiro atoms. The number of nitrogens with zero attached hydrogens (tertiary/aromatic N) is 4. The molecule has 6 nitrogen and oxygen atoms in total. The highest BCUT2D eigenvalue weighted by Gasteiger charge is 2.30. The predicted molar refractivity (Wildman–Crippen MR) is 106 cm³/mol. The van der Waals surface area contributed by atoms with Crippen LogP contribution in [0, 0.1) is 5.92 Å². The summed E-state index contributed by atoms with van der Waals surface area (Å²) in [5, 5.41) is 7.40. The van der Waals surface area contributed by atoms with Crippen molar-refractivity contribution in [3.63, 3.8) is 0 Å². The first kappa shape index (κ1) is 16.3. The van der Waals surface area contributed by atoms with E-state index in [-0.39, 0.29) is 11.8 Å². The van der Waals surface area contributed by atoms with Gasteiger partial charge in [-0.1, -0.05) is 12.1 Å². The predicted octanol–water partition coefficient (Wildman–Crippen LogP) is 3.52. The molecule has 1 aliphatic heterocycles. The number of fused-ring (bicyclic) bond motifs is 2.